The molecule has 0 saturated carbocycles. The van der Waals surface area contributed by atoms with Crippen LogP contribution in [0.1, 0.15) is 24.4 Å². The second kappa shape index (κ2) is 7.87. The minimum atomic E-state index is -1.09. The zero-order chi connectivity index (χ0) is 17.7. The highest BCUT2D eigenvalue weighted by atomic mass is 16.4. The third-order valence-corrected chi connectivity index (χ3v) is 4.29. The van der Waals surface area contributed by atoms with Crippen LogP contribution in [0.4, 0.5) is 0 Å². The Morgan fingerprint density at radius 2 is 2.08 bits per heavy atom. The molecule has 2 amide bonds. The zero-order valence-corrected chi connectivity index (χ0v) is 13.6. The lowest BCUT2D eigenvalue weighted by molar-refractivity contribution is -0.151. The van der Waals surface area contributed by atoms with E-state index in [4.69, 9.17) is 5.73 Å². The molecule has 0 aromatic carbocycles. The molecule has 1 aromatic rings. The zero-order valence-electron chi connectivity index (χ0n) is 13.6. The van der Waals surface area contributed by atoms with E-state index in [2.05, 4.69) is 4.98 Å². The van der Waals surface area contributed by atoms with E-state index in [-0.39, 0.29) is 24.3 Å². The molecule has 1 atom stereocenters. The Hall–Kier alpha value is -2.48. The summed E-state index contributed by atoms with van der Waals surface area (Å²) in [6.07, 6.45) is 4.17. The van der Waals surface area contributed by atoms with Crippen molar-refractivity contribution in [1.29, 1.82) is 0 Å². The van der Waals surface area contributed by atoms with E-state index in [0.717, 1.165) is 0 Å². The van der Waals surface area contributed by atoms with Gasteiger partial charge < -0.3 is 15.7 Å². The van der Waals surface area contributed by atoms with Crippen LogP contribution in [0, 0.1) is 5.92 Å². The van der Waals surface area contributed by atoms with E-state index in [0.29, 0.717) is 31.5 Å². The van der Waals surface area contributed by atoms with Crippen LogP contribution in [0.25, 0.3) is 0 Å². The number of aliphatic carboxylic acids is 1. The number of aromatic nitrogens is 1. The fourth-order valence-electron chi connectivity index (χ4n) is 3.04. The minimum Gasteiger partial charge on any atom is -0.479 e. The lowest BCUT2D eigenvalue weighted by Crippen LogP contribution is -2.45. The van der Waals surface area contributed by atoms with Crippen molar-refractivity contribution < 1.29 is 19.5 Å². The molecule has 1 fully saturated rings. The average Bonchev–Trinajstić information content (AvgIpc) is 2.55. The lowest BCUT2D eigenvalue weighted by atomic mass is 9.94. The second-order valence-corrected chi connectivity index (χ2v) is 5.99. The molecule has 0 bridgehead atoms. The van der Waals surface area contributed by atoms with Gasteiger partial charge in [-0.3, -0.25) is 19.5 Å². The first-order valence-corrected chi connectivity index (χ1v) is 7.80. The summed E-state index contributed by atoms with van der Waals surface area (Å²) in [7, 11) is 1.50. The van der Waals surface area contributed by atoms with E-state index >= 15 is 0 Å². The SMILES string of the molecule is CN(C(=O)C1CCN(CC(N)=O)CC1)[C@H](C(=O)O)c1cccnc1. The highest BCUT2D eigenvalue weighted by Crippen LogP contribution is 2.25. The van der Waals surface area contributed by atoms with Crippen LogP contribution in [0.15, 0.2) is 24.5 Å². The highest BCUT2D eigenvalue weighted by Gasteiger charge is 2.34. The van der Waals surface area contributed by atoms with Gasteiger partial charge in [0.2, 0.25) is 11.8 Å². The van der Waals surface area contributed by atoms with Crippen molar-refractivity contribution >= 4 is 17.8 Å². The molecule has 1 aliphatic rings. The van der Waals surface area contributed by atoms with Gasteiger partial charge in [0.25, 0.3) is 0 Å². The molecule has 1 saturated heterocycles. The van der Waals surface area contributed by atoms with E-state index in [1.165, 1.54) is 18.1 Å². The minimum absolute atomic E-state index is 0.185. The summed E-state index contributed by atoms with van der Waals surface area (Å²) in [5.41, 5.74) is 5.64. The maximum absolute atomic E-state index is 12.7. The van der Waals surface area contributed by atoms with Gasteiger partial charge in [0.15, 0.2) is 6.04 Å². The summed E-state index contributed by atoms with van der Waals surface area (Å²) in [5, 5.41) is 9.50. The molecule has 1 aromatic heterocycles. The van der Waals surface area contributed by atoms with Crippen LogP contribution in [0.5, 0.6) is 0 Å². The Bertz CT molecular complexity index is 599. The average molecular weight is 334 g/mol. The van der Waals surface area contributed by atoms with Crippen molar-refractivity contribution in [2.45, 2.75) is 18.9 Å². The van der Waals surface area contributed by atoms with Crippen molar-refractivity contribution in [3.63, 3.8) is 0 Å². The predicted molar refractivity (Wildman–Crippen MR) is 85.7 cm³/mol. The molecule has 8 heteroatoms. The molecular weight excluding hydrogens is 312 g/mol. The first kappa shape index (κ1) is 17.9. The number of hydrogen-bond acceptors (Lipinski definition) is 5. The maximum Gasteiger partial charge on any atom is 0.331 e. The molecule has 8 nitrogen and oxygen atoms in total. The standard InChI is InChI=1S/C16H22N4O4/c1-19(14(16(23)24)12-3-2-6-18-9-12)15(22)11-4-7-20(8-5-11)10-13(17)21/h2-3,6,9,11,14H,4-5,7-8,10H2,1H3,(H2,17,21)(H,23,24)/t14-/m0/s1. The molecule has 0 radical (unpaired) electrons. The molecule has 1 aliphatic heterocycles. The first-order chi connectivity index (χ1) is 11.4. The number of primary amides is 1. The number of carbonyl (C=O) groups excluding carboxylic acids is 2. The monoisotopic (exact) mass is 334 g/mol. The van der Waals surface area contributed by atoms with Crippen LogP contribution in [0.2, 0.25) is 0 Å². The van der Waals surface area contributed by atoms with Gasteiger partial charge >= 0.3 is 5.97 Å². The van der Waals surface area contributed by atoms with Gasteiger partial charge in [-0.05, 0) is 32.0 Å². The number of likely N-dealkylation sites (N-methyl/N-ethyl adjacent to an activating group) is 1. The van der Waals surface area contributed by atoms with Crippen molar-refractivity contribution in [3.05, 3.63) is 30.1 Å². The fourth-order valence-corrected chi connectivity index (χ4v) is 3.04. The number of likely N-dealkylation sites (tertiary alicyclic amines) is 1. The third-order valence-electron chi connectivity index (χ3n) is 4.29. The molecular formula is C16H22N4O4. The Labute approximate surface area is 140 Å². The fraction of sp³-hybridized carbons (Fsp3) is 0.500. The van der Waals surface area contributed by atoms with Crippen molar-refractivity contribution in [2.24, 2.45) is 11.7 Å². The van der Waals surface area contributed by atoms with Crippen LogP contribution < -0.4 is 5.73 Å². The number of nitrogens with zero attached hydrogens (tertiary/aromatic N) is 3. The molecule has 24 heavy (non-hydrogen) atoms. The predicted octanol–water partition coefficient (Wildman–Crippen LogP) is -0.137. The molecule has 0 aliphatic carbocycles. The van der Waals surface area contributed by atoms with Crippen molar-refractivity contribution in [2.75, 3.05) is 26.7 Å². The molecule has 130 valence electrons. The van der Waals surface area contributed by atoms with Gasteiger partial charge in [0.05, 0.1) is 6.54 Å². The number of amides is 2. The van der Waals surface area contributed by atoms with Gasteiger partial charge in [0, 0.05) is 30.9 Å². The summed E-state index contributed by atoms with van der Waals surface area (Å²) >= 11 is 0. The highest BCUT2D eigenvalue weighted by molar-refractivity contribution is 5.85. The largest absolute Gasteiger partial charge is 0.479 e. The molecule has 2 heterocycles. The summed E-state index contributed by atoms with van der Waals surface area (Å²) in [5.74, 6) is -1.94. The van der Waals surface area contributed by atoms with Gasteiger partial charge in [-0.2, -0.15) is 0 Å². The number of nitrogens with two attached hydrogens (primary N) is 1. The quantitative estimate of drug-likeness (QED) is 0.748. The second-order valence-electron chi connectivity index (χ2n) is 5.99. The molecule has 0 spiro atoms. The Morgan fingerprint density at radius 3 is 2.58 bits per heavy atom. The third kappa shape index (κ3) is 4.29. The van der Waals surface area contributed by atoms with E-state index < -0.39 is 12.0 Å². The van der Waals surface area contributed by atoms with Crippen molar-refractivity contribution in [3.8, 4) is 0 Å². The van der Waals surface area contributed by atoms with Gasteiger partial charge in [-0.25, -0.2) is 4.79 Å². The number of piperidine rings is 1. The van der Waals surface area contributed by atoms with Crippen LogP contribution in [0.3, 0.4) is 0 Å². The van der Waals surface area contributed by atoms with Gasteiger partial charge in [-0.1, -0.05) is 6.07 Å². The van der Waals surface area contributed by atoms with E-state index in [1.54, 1.807) is 18.3 Å². The van der Waals surface area contributed by atoms with Crippen LogP contribution >= 0.6 is 0 Å². The number of carbonyl (C=O) groups is 3. The van der Waals surface area contributed by atoms with Crippen LogP contribution in [-0.2, 0) is 14.4 Å². The van der Waals surface area contributed by atoms with Crippen LogP contribution in [-0.4, -0.2) is 64.4 Å². The maximum atomic E-state index is 12.7. The smallest absolute Gasteiger partial charge is 0.331 e. The molecule has 0 unspecified atom stereocenters. The number of hydrogen-bond donors (Lipinski definition) is 2. The van der Waals surface area contributed by atoms with E-state index in [1.807, 2.05) is 4.90 Å². The van der Waals surface area contributed by atoms with Gasteiger partial charge in [-0.15, -0.1) is 0 Å². The number of pyridine rings is 1. The molecule has 3 N–H and O–H groups in total. The summed E-state index contributed by atoms with van der Waals surface area (Å²) < 4.78 is 0. The van der Waals surface area contributed by atoms with Crippen molar-refractivity contribution in [1.82, 2.24) is 14.8 Å². The summed E-state index contributed by atoms with van der Waals surface area (Å²) in [6, 6.07) is 2.23. The summed E-state index contributed by atoms with van der Waals surface area (Å²) in [4.78, 5) is 42.3. The first-order valence-electron chi connectivity index (χ1n) is 7.80. The summed E-state index contributed by atoms with van der Waals surface area (Å²) in [6.45, 7) is 1.37. The van der Waals surface area contributed by atoms with E-state index in [9.17, 15) is 19.5 Å². The Morgan fingerprint density at radius 1 is 1.42 bits per heavy atom. The molecule has 2 rings (SSSR count). The normalized spacial score (nSPS) is 17.2. The Kier molecular flexibility index (Phi) is 5.86. The lowest BCUT2D eigenvalue weighted by Gasteiger charge is -2.34. The number of carboxylic acids is 1. The number of rotatable bonds is 6. The van der Waals surface area contributed by atoms with Gasteiger partial charge in [0.1, 0.15) is 0 Å². The Balaban J connectivity index is 2.03. The topological polar surface area (TPSA) is 117 Å². The number of carboxylic acid groups (broad SMARTS) is 1.